The van der Waals surface area contributed by atoms with Gasteiger partial charge in [0.15, 0.2) is 0 Å². The highest BCUT2D eigenvalue weighted by atomic mass is 35.5. The van der Waals surface area contributed by atoms with Crippen LogP contribution < -0.4 is 16.0 Å². The number of hydrogen-bond donors (Lipinski definition) is 3. The summed E-state index contributed by atoms with van der Waals surface area (Å²) in [6.45, 7) is 1.60. The van der Waals surface area contributed by atoms with Gasteiger partial charge in [-0.2, -0.15) is 0 Å². The standard InChI is InChI=1S/C14H18FN3O2.ClH/c15-11-5-3-10(4-6-11)13(19)17-8-9-18-14(20)12-2-1-7-16-12;/h3-6,12,16H,1-2,7-9H2,(H,17,19)(H,18,20);1H. The van der Waals surface area contributed by atoms with E-state index >= 15 is 0 Å². The first-order chi connectivity index (χ1) is 9.66. The minimum Gasteiger partial charge on any atom is -0.353 e. The van der Waals surface area contributed by atoms with Gasteiger partial charge in [-0.3, -0.25) is 9.59 Å². The highest BCUT2D eigenvalue weighted by molar-refractivity contribution is 5.94. The Labute approximate surface area is 129 Å². The van der Waals surface area contributed by atoms with Crippen LogP contribution in [0.3, 0.4) is 0 Å². The van der Waals surface area contributed by atoms with Gasteiger partial charge in [0.25, 0.3) is 5.91 Å². The highest BCUT2D eigenvalue weighted by Crippen LogP contribution is 2.04. The van der Waals surface area contributed by atoms with E-state index in [-0.39, 0.29) is 36.1 Å². The fourth-order valence-corrected chi connectivity index (χ4v) is 2.10. The zero-order chi connectivity index (χ0) is 14.4. The van der Waals surface area contributed by atoms with Gasteiger partial charge in [-0.15, -0.1) is 12.4 Å². The Morgan fingerprint density at radius 3 is 2.48 bits per heavy atom. The molecule has 0 bridgehead atoms. The predicted molar refractivity (Wildman–Crippen MR) is 80.0 cm³/mol. The van der Waals surface area contributed by atoms with E-state index in [1.807, 2.05) is 0 Å². The number of halogens is 2. The SMILES string of the molecule is Cl.O=C(NCCNC(=O)C1CCCN1)c1ccc(F)cc1. The van der Waals surface area contributed by atoms with Crippen molar-refractivity contribution in [2.45, 2.75) is 18.9 Å². The number of nitrogens with one attached hydrogen (secondary N) is 3. The van der Waals surface area contributed by atoms with Crippen molar-refractivity contribution in [3.63, 3.8) is 0 Å². The van der Waals surface area contributed by atoms with Crippen LogP contribution >= 0.6 is 12.4 Å². The molecule has 0 aliphatic carbocycles. The van der Waals surface area contributed by atoms with E-state index in [4.69, 9.17) is 0 Å². The second-order valence-corrected chi connectivity index (χ2v) is 4.70. The van der Waals surface area contributed by atoms with Crippen LogP contribution in [0.5, 0.6) is 0 Å². The molecule has 21 heavy (non-hydrogen) atoms. The Hall–Kier alpha value is -1.66. The molecule has 0 radical (unpaired) electrons. The Morgan fingerprint density at radius 2 is 1.86 bits per heavy atom. The van der Waals surface area contributed by atoms with Crippen molar-refractivity contribution in [3.05, 3.63) is 35.6 Å². The first-order valence-corrected chi connectivity index (χ1v) is 6.71. The molecular weight excluding hydrogens is 297 g/mol. The van der Waals surface area contributed by atoms with E-state index in [1.54, 1.807) is 0 Å². The molecule has 1 aliphatic heterocycles. The first kappa shape index (κ1) is 17.4. The fourth-order valence-electron chi connectivity index (χ4n) is 2.10. The van der Waals surface area contributed by atoms with E-state index in [9.17, 15) is 14.0 Å². The quantitative estimate of drug-likeness (QED) is 0.705. The van der Waals surface area contributed by atoms with Gasteiger partial charge in [-0.05, 0) is 43.7 Å². The van der Waals surface area contributed by atoms with Gasteiger partial charge in [0.1, 0.15) is 5.82 Å². The highest BCUT2D eigenvalue weighted by Gasteiger charge is 2.21. The lowest BCUT2D eigenvalue weighted by atomic mass is 10.2. The number of carbonyl (C=O) groups excluding carboxylic acids is 2. The summed E-state index contributed by atoms with van der Waals surface area (Å²) in [5, 5.41) is 8.53. The van der Waals surface area contributed by atoms with E-state index in [0.29, 0.717) is 18.7 Å². The predicted octanol–water partition coefficient (Wildman–Crippen LogP) is 0.845. The second kappa shape index (κ2) is 8.59. The van der Waals surface area contributed by atoms with Gasteiger partial charge in [-0.1, -0.05) is 0 Å². The molecule has 1 aromatic carbocycles. The lowest BCUT2D eigenvalue weighted by Crippen LogP contribution is -2.43. The second-order valence-electron chi connectivity index (χ2n) is 4.70. The fraction of sp³-hybridized carbons (Fsp3) is 0.429. The summed E-state index contributed by atoms with van der Waals surface area (Å²) in [5.74, 6) is -0.686. The molecule has 1 unspecified atom stereocenters. The van der Waals surface area contributed by atoms with Crippen molar-refractivity contribution < 1.29 is 14.0 Å². The summed E-state index contributed by atoms with van der Waals surface area (Å²) in [5.41, 5.74) is 0.398. The van der Waals surface area contributed by atoms with E-state index in [0.717, 1.165) is 19.4 Å². The van der Waals surface area contributed by atoms with E-state index in [2.05, 4.69) is 16.0 Å². The van der Waals surface area contributed by atoms with E-state index in [1.165, 1.54) is 24.3 Å². The Balaban J connectivity index is 0.00000220. The average molecular weight is 316 g/mol. The molecule has 1 heterocycles. The van der Waals surface area contributed by atoms with Crippen LogP contribution in [0.25, 0.3) is 0 Å². The monoisotopic (exact) mass is 315 g/mol. The number of rotatable bonds is 5. The van der Waals surface area contributed by atoms with Crippen LogP contribution in [0, 0.1) is 5.82 Å². The summed E-state index contributed by atoms with van der Waals surface area (Å²) < 4.78 is 12.7. The van der Waals surface area contributed by atoms with E-state index < -0.39 is 0 Å². The van der Waals surface area contributed by atoms with Crippen molar-refractivity contribution in [2.24, 2.45) is 0 Å². The third kappa shape index (κ3) is 5.32. The Morgan fingerprint density at radius 1 is 1.19 bits per heavy atom. The molecule has 1 atom stereocenters. The summed E-state index contributed by atoms with van der Waals surface area (Å²) in [7, 11) is 0. The lowest BCUT2D eigenvalue weighted by molar-refractivity contribution is -0.122. The van der Waals surface area contributed by atoms with Crippen molar-refractivity contribution in [1.82, 2.24) is 16.0 Å². The van der Waals surface area contributed by atoms with Crippen LogP contribution in [0.15, 0.2) is 24.3 Å². The molecule has 0 spiro atoms. The maximum absolute atomic E-state index is 12.7. The molecule has 0 aromatic heterocycles. The number of benzene rings is 1. The Kier molecular flexibility index (Phi) is 7.11. The molecule has 5 nitrogen and oxygen atoms in total. The number of carbonyl (C=O) groups is 2. The molecular formula is C14H19ClFN3O2. The van der Waals surface area contributed by atoms with Crippen LogP contribution in [-0.4, -0.2) is 37.5 Å². The van der Waals surface area contributed by atoms with Crippen LogP contribution in [0.4, 0.5) is 4.39 Å². The summed E-state index contributed by atoms with van der Waals surface area (Å²) in [6, 6.07) is 5.21. The van der Waals surface area contributed by atoms with Crippen LogP contribution in [0.1, 0.15) is 23.2 Å². The zero-order valence-electron chi connectivity index (χ0n) is 11.5. The summed E-state index contributed by atoms with van der Waals surface area (Å²) >= 11 is 0. The molecule has 3 N–H and O–H groups in total. The molecule has 1 aliphatic rings. The molecule has 1 aromatic rings. The third-order valence-corrected chi connectivity index (χ3v) is 3.19. The summed E-state index contributed by atoms with van der Waals surface area (Å²) in [4.78, 5) is 23.4. The lowest BCUT2D eigenvalue weighted by Gasteiger charge is -2.11. The number of hydrogen-bond acceptors (Lipinski definition) is 3. The van der Waals surface area contributed by atoms with Crippen LogP contribution in [0.2, 0.25) is 0 Å². The molecule has 1 fully saturated rings. The molecule has 7 heteroatoms. The topological polar surface area (TPSA) is 70.2 Å². The maximum atomic E-state index is 12.7. The molecule has 2 amide bonds. The molecule has 1 saturated heterocycles. The Bertz CT molecular complexity index is 476. The van der Waals surface area contributed by atoms with Crippen molar-refractivity contribution >= 4 is 24.2 Å². The molecule has 116 valence electrons. The van der Waals surface area contributed by atoms with Gasteiger partial charge in [0.05, 0.1) is 6.04 Å². The zero-order valence-corrected chi connectivity index (χ0v) is 12.3. The van der Waals surface area contributed by atoms with Gasteiger partial charge in [0, 0.05) is 18.7 Å². The largest absolute Gasteiger partial charge is 0.353 e. The minimum absolute atomic E-state index is 0. The van der Waals surface area contributed by atoms with Gasteiger partial charge >= 0.3 is 0 Å². The summed E-state index contributed by atoms with van der Waals surface area (Å²) in [6.07, 6.45) is 1.87. The van der Waals surface area contributed by atoms with Crippen molar-refractivity contribution in [3.8, 4) is 0 Å². The van der Waals surface area contributed by atoms with Crippen molar-refractivity contribution in [2.75, 3.05) is 19.6 Å². The average Bonchev–Trinajstić information content (AvgIpc) is 2.98. The smallest absolute Gasteiger partial charge is 0.251 e. The van der Waals surface area contributed by atoms with Crippen LogP contribution in [-0.2, 0) is 4.79 Å². The van der Waals surface area contributed by atoms with Crippen molar-refractivity contribution in [1.29, 1.82) is 0 Å². The third-order valence-electron chi connectivity index (χ3n) is 3.19. The first-order valence-electron chi connectivity index (χ1n) is 6.71. The number of amides is 2. The van der Waals surface area contributed by atoms with Gasteiger partial charge in [-0.25, -0.2) is 4.39 Å². The van der Waals surface area contributed by atoms with Gasteiger partial charge < -0.3 is 16.0 Å². The molecule has 0 saturated carbocycles. The molecule has 2 rings (SSSR count). The minimum atomic E-state index is -0.377. The normalized spacial score (nSPS) is 16.9. The van der Waals surface area contributed by atoms with Gasteiger partial charge in [0.2, 0.25) is 5.91 Å². The maximum Gasteiger partial charge on any atom is 0.251 e.